The number of aromatic nitrogens is 1. The van der Waals surface area contributed by atoms with Gasteiger partial charge in [0.1, 0.15) is 5.75 Å². The molecular formula is C34H53NO. The summed E-state index contributed by atoms with van der Waals surface area (Å²) in [7, 11) is 0. The fourth-order valence-corrected chi connectivity index (χ4v) is 6.16. The van der Waals surface area contributed by atoms with Gasteiger partial charge in [0.2, 0.25) is 0 Å². The summed E-state index contributed by atoms with van der Waals surface area (Å²) in [4.78, 5) is 4.57. The Bertz CT molecular complexity index is 839. The van der Waals surface area contributed by atoms with Gasteiger partial charge in [-0.2, -0.15) is 0 Å². The van der Waals surface area contributed by atoms with Crippen molar-refractivity contribution in [2.24, 2.45) is 11.8 Å². The average molecular weight is 492 g/mol. The molecular weight excluding hydrogens is 438 g/mol. The summed E-state index contributed by atoms with van der Waals surface area (Å²) in [5, 5.41) is 0. The van der Waals surface area contributed by atoms with Crippen LogP contribution in [0.3, 0.4) is 0 Å². The molecule has 1 aliphatic carbocycles. The highest BCUT2D eigenvalue weighted by Gasteiger charge is 2.27. The van der Waals surface area contributed by atoms with E-state index in [9.17, 15) is 0 Å². The SMILES string of the molecule is CCCCCCCCOc1ccccc1-c1ccncc1C(C)C1CCC(CCCCCCC)CC1. The standard InChI is InChI=1S/C34H53NO/c1-4-6-8-10-12-16-26-36-34-19-15-14-18-32(34)31-24-25-35-27-33(31)28(3)30-22-20-29(21-23-30)17-13-11-9-7-5-2/h14-15,18-19,24-25,27-30H,4-13,16-17,20-23,26H2,1-3H3. The van der Waals surface area contributed by atoms with Crippen LogP contribution in [-0.4, -0.2) is 11.6 Å². The van der Waals surface area contributed by atoms with Crippen molar-refractivity contribution in [1.82, 2.24) is 4.98 Å². The second kappa shape index (κ2) is 16.8. The number of para-hydroxylation sites is 1. The van der Waals surface area contributed by atoms with E-state index in [0.29, 0.717) is 5.92 Å². The van der Waals surface area contributed by atoms with E-state index in [1.807, 2.05) is 6.20 Å². The van der Waals surface area contributed by atoms with Gasteiger partial charge in [-0.3, -0.25) is 4.98 Å². The first-order valence-corrected chi connectivity index (χ1v) is 15.4. The number of pyridine rings is 1. The van der Waals surface area contributed by atoms with E-state index in [2.05, 4.69) is 62.3 Å². The van der Waals surface area contributed by atoms with Crippen molar-refractivity contribution in [3.63, 3.8) is 0 Å². The van der Waals surface area contributed by atoms with Gasteiger partial charge >= 0.3 is 0 Å². The highest BCUT2D eigenvalue weighted by Crippen LogP contribution is 2.43. The maximum absolute atomic E-state index is 6.33. The van der Waals surface area contributed by atoms with Gasteiger partial charge in [-0.1, -0.05) is 122 Å². The van der Waals surface area contributed by atoms with E-state index >= 15 is 0 Å². The average Bonchev–Trinajstić information content (AvgIpc) is 2.93. The van der Waals surface area contributed by atoms with Crippen LogP contribution in [0.2, 0.25) is 0 Å². The molecule has 1 aliphatic rings. The van der Waals surface area contributed by atoms with Crippen molar-refractivity contribution >= 4 is 0 Å². The fourth-order valence-electron chi connectivity index (χ4n) is 6.16. The van der Waals surface area contributed by atoms with E-state index in [0.717, 1.165) is 30.6 Å². The van der Waals surface area contributed by atoms with Crippen LogP contribution in [0.25, 0.3) is 11.1 Å². The van der Waals surface area contributed by atoms with E-state index in [1.165, 1.54) is 113 Å². The molecule has 1 aromatic heterocycles. The zero-order valence-corrected chi connectivity index (χ0v) is 23.6. The molecule has 0 aliphatic heterocycles. The Balaban J connectivity index is 1.56. The van der Waals surface area contributed by atoms with Gasteiger partial charge in [0, 0.05) is 18.0 Å². The minimum Gasteiger partial charge on any atom is -0.493 e. The van der Waals surface area contributed by atoms with Crippen molar-refractivity contribution < 1.29 is 4.74 Å². The number of rotatable bonds is 17. The van der Waals surface area contributed by atoms with Crippen molar-refractivity contribution in [3.05, 3.63) is 48.3 Å². The summed E-state index contributed by atoms with van der Waals surface area (Å²) in [5.74, 6) is 3.28. The Morgan fingerprint density at radius 2 is 1.44 bits per heavy atom. The van der Waals surface area contributed by atoms with E-state index in [1.54, 1.807) is 0 Å². The van der Waals surface area contributed by atoms with Crippen LogP contribution < -0.4 is 4.74 Å². The highest BCUT2D eigenvalue weighted by molar-refractivity contribution is 5.73. The van der Waals surface area contributed by atoms with Crippen LogP contribution in [0.15, 0.2) is 42.7 Å². The topological polar surface area (TPSA) is 22.1 Å². The van der Waals surface area contributed by atoms with E-state index in [-0.39, 0.29) is 0 Å². The lowest BCUT2D eigenvalue weighted by Crippen LogP contribution is -2.19. The van der Waals surface area contributed by atoms with Gasteiger partial charge in [-0.25, -0.2) is 0 Å². The van der Waals surface area contributed by atoms with Crippen LogP contribution in [0.1, 0.15) is 135 Å². The monoisotopic (exact) mass is 491 g/mol. The van der Waals surface area contributed by atoms with Gasteiger partial charge < -0.3 is 4.74 Å². The predicted molar refractivity (Wildman–Crippen MR) is 156 cm³/mol. The molecule has 0 N–H and O–H groups in total. The molecule has 0 radical (unpaired) electrons. The van der Waals surface area contributed by atoms with Crippen LogP contribution in [0, 0.1) is 11.8 Å². The van der Waals surface area contributed by atoms with Crippen molar-refractivity contribution in [3.8, 4) is 16.9 Å². The van der Waals surface area contributed by atoms with E-state index in [4.69, 9.17) is 4.74 Å². The lowest BCUT2D eigenvalue weighted by Gasteiger charge is -2.33. The fraction of sp³-hybridized carbons (Fsp3) is 0.676. The Hall–Kier alpha value is -1.83. The quantitative estimate of drug-likeness (QED) is 0.205. The molecule has 1 unspecified atom stereocenters. The van der Waals surface area contributed by atoms with E-state index < -0.39 is 0 Å². The van der Waals surface area contributed by atoms with Crippen molar-refractivity contribution in [2.45, 2.75) is 129 Å². The molecule has 200 valence electrons. The molecule has 1 heterocycles. The number of nitrogens with zero attached hydrogens (tertiary/aromatic N) is 1. The Kier molecular flexibility index (Phi) is 13.4. The second-order valence-corrected chi connectivity index (χ2v) is 11.3. The molecule has 0 spiro atoms. The molecule has 1 saturated carbocycles. The van der Waals surface area contributed by atoms with Gasteiger partial charge in [-0.15, -0.1) is 0 Å². The lowest BCUT2D eigenvalue weighted by atomic mass is 9.72. The van der Waals surface area contributed by atoms with Crippen molar-refractivity contribution in [1.29, 1.82) is 0 Å². The summed E-state index contributed by atoms with van der Waals surface area (Å²) in [6.07, 6.45) is 25.9. The highest BCUT2D eigenvalue weighted by atomic mass is 16.5. The maximum Gasteiger partial charge on any atom is 0.127 e. The van der Waals surface area contributed by atoms with Gasteiger partial charge in [0.25, 0.3) is 0 Å². The van der Waals surface area contributed by atoms with Crippen LogP contribution in [0.5, 0.6) is 5.75 Å². The van der Waals surface area contributed by atoms with Gasteiger partial charge in [0.15, 0.2) is 0 Å². The summed E-state index contributed by atoms with van der Waals surface area (Å²) in [6, 6.07) is 10.8. The molecule has 0 bridgehead atoms. The number of unbranched alkanes of at least 4 members (excludes halogenated alkanes) is 9. The molecule has 2 heteroatoms. The third-order valence-electron chi connectivity index (χ3n) is 8.59. The first-order valence-electron chi connectivity index (χ1n) is 15.4. The Morgan fingerprint density at radius 3 is 2.19 bits per heavy atom. The lowest BCUT2D eigenvalue weighted by molar-refractivity contribution is 0.236. The third kappa shape index (κ3) is 9.24. The zero-order chi connectivity index (χ0) is 25.4. The summed E-state index contributed by atoms with van der Waals surface area (Å²) >= 11 is 0. The normalized spacial score (nSPS) is 18.8. The third-order valence-corrected chi connectivity index (χ3v) is 8.59. The smallest absolute Gasteiger partial charge is 0.127 e. The molecule has 36 heavy (non-hydrogen) atoms. The molecule has 0 saturated heterocycles. The van der Waals surface area contributed by atoms with Gasteiger partial charge in [-0.05, 0) is 60.3 Å². The number of ether oxygens (including phenoxy) is 1. The number of hydrogen-bond acceptors (Lipinski definition) is 2. The van der Waals surface area contributed by atoms with Crippen molar-refractivity contribution in [2.75, 3.05) is 6.61 Å². The summed E-state index contributed by atoms with van der Waals surface area (Å²) in [5.41, 5.74) is 3.94. The maximum atomic E-state index is 6.33. The molecule has 1 fully saturated rings. The minimum atomic E-state index is 0.533. The second-order valence-electron chi connectivity index (χ2n) is 11.3. The summed E-state index contributed by atoms with van der Waals surface area (Å²) < 4.78 is 6.33. The number of hydrogen-bond donors (Lipinski definition) is 0. The van der Waals surface area contributed by atoms with Gasteiger partial charge in [0.05, 0.1) is 6.61 Å². The molecule has 1 atom stereocenters. The van der Waals surface area contributed by atoms with Crippen LogP contribution in [-0.2, 0) is 0 Å². The first-order chi connectivity index (χ1) is 17.7. The number of benzene rings is 1. The molecule has 0 amide bonds. The zero-order valence-electron chi connectivity index (χ0n) is 23.6. The van der Waals surface area contributed by atoms with Crippen LogP contribution >= 0.6 is 0 Å². The van der Waals surface area contributed by atoms with Crippen LogP contribution in [0.4, 0.5) is 0 Å². The predicted octanol–water partition coefficient (Wildman–Crippen LogP) is 10.8. The minimum absolute atomic E-state index is 0.533. The molecule has 2 nitrogen and oxygen atoms in total. The summed E-state index contributed by atoms with van der Waals surface area (Å²) in [6.45, 7) is 7.82. The Morgan fingerprint density at radius 1 is 0.778 bits per heavy atom. The first kappa shape index (κ1) is 28.7. The Labute approximate surface area is 222 Å². The largest absolute Gasteiger partial charge is 0.493 e. The molecule has 2 aromatic rings. The molecule has 3 rings (SSSR count). The molecule has 1 aromatic carbocycles.